The average molecular weight is 634 g/mol. The SMILES string of the molecule is CCCCCCCCCCN(CCCCCCCCCC)CCN(CCCCCCCCCC)CCCCCN1CCCCC1. The second kappa shape index (κ2) is 35.2. The molecule has 1 rings (SSSR count). The van der Waals surface area contributed by atoms with Gasteiger partial charge in [0.25, 0.3) is 0 Å². The summed E-state index contributed by atoms with van der Waals surface area (Å²) in [7, 11) is 0. The van der Waals surface area contributed by atoms with Crippen LogP contribution in [-0.2, 0) is 0 Å². The van der Waals surface area contributed by atoms with Gasteiger partial charge in [-0.3, -0.25) is 0 Å². The normalized spacial score (nSPS) is 14.3. The average Bonchev–Trinajstić information content (AvgIpc) is 3.06. The van der Waals surface area contributed by atoms with Crippen molar-refractivity contribution < 1.29 is 0 Å². The molecular formula is C42H87N3. The molecule has 1 heterocycles. The molecule has 0 saturated carbocycles. The molecule has 3 nitrogen and oxygen atoms in total. The zero-order valence-corrected chi connectivity index (χ0v) is 31.9. The van der Waals surface area contributed by atoms with E-state index in [1.807, 2.05) is 0 Å². The molecule has 0 aromatic carbocycles. The highest BCUT2D eigenvalue weighted by Gasteiger charge is 2.12. The Labute approximate surface area is 286 Å². The van der Waals surface area contributed by atoms with Crippen LogP contribution in [0.5, 0.6) is 0 Å². The quantitative estimate of drug-likeness (QED) is 0.0636. The molecule has 1 aliphatic rings. The maximum Gasteiger partial charge on any atom is 0.0109 e. The van der Waals surface area contributed by atoms with Gasteiger partial charge < -0.3 is 14.7 Å². The number of unbranched alkanes of at least 4 members (excludes halogenated alkanes) is 23. The predicted molar refractivity (Wildman–Crippen MR) is 205 cm³/mol. The van der Waals surface area contributed by atoms with Crippen LogP contribution in [0.1, 0.15) is 213 Å². The Morgan fingerprint density at radius 2 is 0.600 bits per heavy atom. The molecule has 45 heavy (non-hydrogen) atoms. The molecule has 0 N–H and O–H groups in total. The second-order valence-corrected chi connectivity index (χ2v) is 15.1. The van der Waals surface area contributed by atoms with Gasteiger partial charge in [-0.25, -0.2) is 0 Å². The monoisotopic (exact) mass is 634 g/mol. The van der Waals surface area contributed by atoms with Crippen LogP contribution in [0.25, 0.3) is 0 Å². The van der Waals surface area contributed by atoms with Crippen molar-refractivity contribution >= 4 is 0 Å². The van der Waals surface area contributed by atoms with Crippen LogP contribution >= 0.6 is 0 Å². The van der Waals surface area contributed by atoms with Gasteiger partial charge in [-0.2, -0.15) is 0 Å². The Morgan fingerprint density at radius 3 is 0.933 bits per heavy atom. The lowest BCUT2D eigenvalue weighted by Crippen LogP contribution is -2.37. The van der Waals surface area contributed by atoms with Gasteiger partial charge in [-0.05, 0) is 90.8 Å². The van der Waals surface area contributed by atoms with Crippen LogP contribution in [-0.4, -0.2) is 73.6 Å². The summed E-state index contributed by atoms with van der Waals surface area (Å²) in [6.45, 7) is 19.0. The summed E-state index contributed by atoms with van der Waals surface area (Å²) < 4.78 is 0. The first-order chi connectivity index (χ1) is 22.3. The number of piperidine rings is 1. The van der Waals surface area contributed by atoms with Crippen LogP contribution in [0, 0.1) is 0 Å². The minimum absolute atomic E-state index is 1.30. The van der Waals surface area contributed by atoms with Crippen molar-refractivity contribution in [3.05, 3.63) is 0 Å². The van der Waals surface area contributed by atoms with Crippen molar-refractivity contribution in [2.75, 3.05) is 58.9 Å². The van der Waals surface area contributed by atoms with E-state index in [0.29, 0.717) is 0 Å². The van der Waals surface area contributed by atoms with Crippen molar-refractivity contribution in [2.45, 2.75) is 213 Å². The molecule has 0 bridgehead atoms. The van der Waals surface area contributed by atoms with Crippen molar-refractivity contribution in [3.63, 3.8) is 0 Å². The number of hydrogen-bond acceptors (Lipinski definition) is 3. The fraction of sp³-hybridized carbons (Fsp3) is 1.00. The molecule has 0 aromatic heterocycles. The minimum Gasteiger partial charge on any atom is -0.303 e. The highest BCUT2D eigenvalue weighted by Crippen LogP contribution is 2.14. The Balaban J connectivity index is 2.45. The van der Waals surface area contributed by atoms with E-state index >= 15 is 0 Å². The lowest BCUT2D eigenvalue weighted by atomic mass is 10.1. The molecule has 0 amide bonds. The molecule has 0 unspecified atom stereocenters. The maximum atomic E-state index is 2.88. The smallest absolute Gasteiger partial charge is 0.0109 e. The van der Waals surface area contributed by atoms with Crippen molar-refractivity contribution in [2.24, 2.45) is 0 Å². The van der Waals surface area contributed by atoms with E-state index in [-0.39, 0.29) is 0 Å². The number of nitrogens with zero attached hydrogens (tertiary/aromatic N) is 3. The van der Waals surface area contributed by atoms with Crippen molar-refractivity contribution in [1.29, 1.82) is 0 Å². The fourth-order valence-corrected chi connectivity index (χ4v) is 7.39. The van der Waals surface area contributed by atoms with Crippen molar-refractivity contribution in [3.8, 4) is 0 Å². The molecule has 270 valence electrons. The van der Waals surface area contributed by atoms with Gasteiger partial charge in [0.15, 0.2) is 0 Å². The van der Waals surface area contributed by atoms with E-state index in [9.17, 15) is 0 Å². The molecule has 1 saturated heterocycles. The Bertz CT molecular complexity index is 526. The topological polar surface area (TPSA) is 9.72 Å². The molecular weight excluding hydrogens is 546 g/mol. The van der Waals surface area contributed by atoms with Gasteiger partial charge in [0.05, 0.1) is 0 Å². The maximum absolute atomic E-state index is 2.88. The van der Waals surface area contributed by atoms with E-state index in [0.717, 1.165) is 0 Å². The summed E-state index contributed by atoms with van der Waals surface area (Å²) in [6, 6.07) is 0. The molecule has 0 radical (unpaired) electrons. The summed E-state index contributed by atoms with van der Waals surface area (Å²) in [6.07, 6.45) is 43.0. The highest BCUT2D eigenvalue weighted by molar-refractivity contribution is 4.68. The zero-order chi connectivity index (χ0) is 32.3. The van der Waals surface area contributed by atoms with Crippen LogP contribution in [0.3, 0.4) is 0 Å². The molecule has 1 fully saturated rings. The number of hydrogen-bond donors (Lipinski definition) is 0. The lowest BCUT2D eigenvalue weighted by molar-refractivity contribution is 0.190. The van der Waals surface area contributed by atoms with Gasteiger partial charge in [0, 0.05) is 13.1 Å². The van der Waals surface area contributed by atoms with Crippen LogP contribution in [0.15, 0.2) is 0 Å². The van der Waals surface area contributed by atoms with E-state index < -0.39 is 0 Å². The molecule has 0 spiro atoms. The first-order valence-corrected chi connectivity index (χ1v) is 21.5. The predicted octanol–water partition coefficient (Wildman–Crippen LogP) is 12.7. The third-order valence-corrected chi connectivity index (χ3v) is 10.6. The lowest BCUT2D eigenvalue weighted by Gasteiger charge is -2.28. The summed E-state index contributed by atoms with van der Waals surface area (Å²) in [5.41, 5.74) is 0. The Hall–Kier alpha value is -0.120. The van der Waals surface area contributed by atoms with E-state index in [1.54, 1.807) is 0 Å². The summed E-state index contributed by atoms with van der Waals surface area (Å²) in [4.78, 5) is 8.49. The molecule has 1 aliphatic heterocycles. The number of likely N-dealkylation sites (tertiary alicyclic amines) is 1. The van der Waals surface area contributed by atoms with E-state index in [2.05, 4.69) is 35.5 Å². The van der Waals surface area contributed by atoms with Crippen molar-refractivity contribution in [1.82, 2.24) is 14.7 Å². The van der Waals surface area contributed by atoms with Gasteiger partial charge >= 0.3 is 0 Å². The molecule has 0 atom stereocenters. The fourth-order valence-electron chi connectivity index (χ4n) is 7.39. The van der Waals surface area contributed by atoms with Crippen LogP contribution < -0.4 is 0 Å². The minimum atomic E-state index is 1.30. The van der Waals surface area contributed by atoms with Gasteiger partial charge in [0.1, 0.15) is 0 Å². The molecule has 0 aliphatic carbocycles. The van der Waals surface area contributed by atoms with Gasteiger partial charge in [-0.15, -0.1) is 0 Å². The highest BCUT2D eigenvalue weighted by atomic mass is 15.2. The molecule has 0 aromatic rings. The first kappa shape index (κ1) is 42.9. The van der Waals surface area contributed by atoms with Gasteiger partial charge in [-0.1, -0.05) is 168 Å². The Morgan fingerprint density at radius 1 is 0.311 bits per heavy atom. The van der Waals surface area contributed by atoms with E-state index in [1.165, 1.54) is 252 Å². The number of rotatable bonds is 36. The van der Waals surface area contributed by atoms with Crippen LogP contribution in [0.4, 0.5) is 0 Å². The third kappa shape index (κ3) is 29.7. The third-order valence-electron chi connectivity index (χ3n) is 10.6. The Kier molecular flexibility index (Phi) is 33.6. The zero-order valence-electron chi connectivity index (χ0n) is 31.9. The van der Waals surface area contributed by atoms with Gasteiger partial charge in [0.2, 0.25) is 0 Å². The van der Waals surface area contributed by atoms with Crippen LogP contribution in [0.2, 0.25) is 0 Å². The second-order valence-electron chi connectivity index (χ2n) is 15.1. The summed E-state index contributed by atoms with van der Waals surface area (Å²) in [5.74, 6) is 0. The molecule has 3 heteroatoms. The summed E-state index contributed by atoms with van der Waals surface area (Å²) >= 11 is 0. The first-order valence-electron chi connectivity index (χ1n) is 21.5. The standard InChI is InChI=1S/C42H87N3/c1-4-7-10-13-16-19-22-27-37-44(38-28-23-20-17-14-11-8-5-2)41-42-45(39-29-24-21-18-15-12-9-6-3)40-33-26-32-36-43-34-30-25-31-35-43/h4-42H2,1-3H3. The van der Waals surface area contributed by atoms with E-state index in [4.69, 9.17) is 0 Å². The summed E-state index contributed by atoms with van der Waals surface area (Å²) in [5, 5.41) is 0. The largest absolute Gasteiger partial charge is 0.303 e.